The Hall–Kier alpha value is -2.22. The average molecular weight is 399 g/mol. The number of esters is 1. The van der Waals surface area contributed by atoms with Crippen LogP contribution in [-0.2, 0) is 16.0 Å². The van der Waals surface area contributed by atoms with Crippen molar-refractivity contribution < 1.29 is 23.2 Å². The smallest absolute Gasteiger partial charge is 0.344 e. The van der Waals surface area contributed by atoms with E-state index < -0.39 is 23.8 Å². The standard InChI is InChI=1S/C16H16BrFN2O4/c1-4-12-14(8(2)24-20-12)16(22)23-9(3)15(21)19-13-6-5-10(17)7-11(13)18/h5-7,9H,4H2,1-3H3,(H,19,21)/t9-/m1/s1. The maximum Gasteiger partial charge on any atom is 0.344 e. The van der Waals surface area contributed by atoms with E-state index in [2.05, 4.69) is 26.4 Å². The summed E-state index contributed by atoms with van der Waals surface area (Å²) in [6.45, 7) is 4.81. The van der Waals surface area contributed by atoms with Crippen molar-refractivity contribution in [2.75, 3.05) is 5.32 Å². The highest BCUT2D eigenvalue weighted by Gasteiger charge is 2.25. The summed E-state index contributed by atoms with van der Waals surface area (Å²) in [6.07, 6.45) is -0.619. The molecule has 1 N–H and O–H groups in total. The molecule has 0 radical (unpaired) electrons. The Morgan fingerprint density at radius 3 is 2.79 bits per heavy atom. The van der Waals surface area contributed by atoms with E-state index in [0.29, 0.717) is 22.3 Å². The van der Waals surface area contributed by atoms with Crippen LogP contribution in [0.4, 0.5) is 10.1 Å². The predicted octanol–water partition coefficient (Wildman–Crippen LogP) is 3.63. The zero-order valence-corrected chi connectivity index (χ0v) is 14.9. The van der Waals surface area contributed by atoms with Gasteiger partial charge in [0.1, 0.15) is 17.1 Å². The second kappa shape index (κ2) is 7.57. The number of aromatic nitrogens is 1. The lowest BCUT2D eigenvalue weighted by Crippen LogP contribution is -2.30. The molecule has 0 saturated carbocycles. The molecule has 0 saturated heterocycles. The Bertz CT molecular complexity index is 775. The normalized spacial score (nSPS) is 11.9. The Morgan fingerprint density at radius 1 is 1.46 bits per heavy atom. The molecular weight excluding hydrogens is 383 g/mol. The fourth-order valence-corrected chi connectivity index (χ4v) is 2.35. The van der Waals surface area contributed by atoms with E-state index in [1.54, 1.807) is 13.0 Å². The third kappa shape index (κ3) is 4.00. The average Bonchev–Trinajstić information content (AvgIpc) is 2.90. The van der Waals surface area contributed by atoms with Gasteiger partial charge in [-0.05, 0) is 38.5 Å². The van der Waals surface area contributed by atoms with Gasteiger partial charge in [-0.1, -0.05) is 28.0 Å². The fourth-order valence-electron chi connectivity index (χ4n) is 2.02. The highest BCUT2D eigenvalue weighted by Crippen LogP contribution is 2.20. The van der Waals surface area contributed by atoms with Crippen molar-refractivity contribution in [1.29, 1.82) is 0 Å². The minimum absolute atomic E-state index is 0.00139. The molecule has 0 spiro atoms. The molecule has 1 aromatic carbocycles. The van der Waals surface area contributed by atoms with Gasteiger partial charge in [0, 0.05) is 4.47 Å². The summed E-state index contributed by atoms with van der Waals surface area (Å²) in [5.74, 6) is -1.62. The van der Waals surface area contributed by atoms with Gasteiger partial charge in [-0.25, -0.2) is 9.18 Å². The number of rotatable bonds is 5. The van der Waals surface area contributed by atoms with E-state index in [1.807, 2.05) is 6.92 Å². The molecule has 1 heterocycles. The second-order valence-corrected chi connectivity index (χ2v) is 5.99. The number of nitrogens with zero attached hydrogens (tertiary/aromatic N) is 1. The van der Waals surface area contributed by atoms with E-state index in [-0.39, 0.29) is 11.3 Å². The molecule has 2 aromatic rings. The molecular formula is C16H16BrFN2O4. The summed E-state index contributed by atoms with van der Waals surface area (Å²) in [6, 6.07) is 4.22. The topological polar surface area (TPSA) is 81.4 Å². The van der Waals surface area contributed by atoms with E-state index in [1.165, 1.54) is 19.1 Å². The third-order valence-electron chi connectivity index (χ3n) is 3.31. The predicted molar refractivity (Wildman–Crippen MR) is 88.2 cm³/mol. The lowest BCUT2D eigenvalue weighted by molar-refractivity contribution is -0.123. The van der Waals surface area contributed by atoms with Crippen molar-refractivity contribution in [2.24, 2.45) is 0 Å². The molecule has 0 aliphatic heterocycles. The van der Waals surface area contributed by atoms with Gasteiger partial charge in [0.2, 0.25) is 0 Å². The van der Waals surface area contributed by atoms with Crippen molar-refractivity contribution in [2.45, 2.75) is 33.3 Å². The van der Waals surface area contributed by atoms with E-state index in [4.69, 9.17) is 9.26 Å². The number of anilines is 1. The van der Waals surface area contributed by atoms with E-state index >= 15 is 0 Å². The van der Waals surface area contributed by atoms with Gasteiger partial charge in [0.15, 0.2) is 6.10 Å². The fraction of sp³-hybridized carbons (Fsp3) is 0.312. The minimum atomic E-state index is -1.11. The van der Waals surface area contributed by atoms with Crippen molar-refractivity contribution in [3.8, 4) is 0 Å². The monoisotopic (exact) mass is 398 g/mol. The third-order valence-corrected chi connectivity index (χ3v) is 3.81. The Labute approximate surface area is 146 Å². The van der Waals surface area contributed by atoms with E-state index in [9.17, 15) is 14.0 Å². The van der Waals surface area contributed by atoms with Gasteiger partial charge < -0.3 is 14.6 Å². The molecule has 0 bridgehead atoms. The van der Waals surface area contributed by atoms with Crippen molar-refractivity contribution in [3.05, 3.63) is 45.5 Å². The molecule has 0 aliphatic carbocycles. The van der Waals surface area contributed by atoms with Crippen LogP contribution >= 0.6 is 15.9 Å². The van der Waals surface area contributed by atoms with E-state index in [0.717, 1.165) is 0 Å². The molecule has 1 atom stereocenters. The van der Waals surface area contributed by atoms with Gasteiger partial charge in [0.25, 0.3) is 5.91 Å². The lowest BCUT2D eigenvalue weighted by atomic mass is 10.1. The van der Waals surface area contributed by atoms with Gasteiger partial charge in [-0.2, -0.15) is 0 Å². The molecule has 0 fully saturated rings. The quantitative estimate of drug-likeness (QED) is 0.777. The molecule has 128 valence electrons. The number of ether oxygens (including phenoxy) is 1. The summed E-state index contributed by atoms with van der Waals surface area (Å²) in [5, 5.41) is 6.14. The number of nitrogens with one attached hydrogen (secondary N) is 1. The summed E-state index contributed by atoms with van der Waals surface area (Å²) >= 11 is 3.13. The van der Waals surface area contributed by atoms with Crippen LogP contribution in [0.5, 0.6) is 0 Å². The van der Waals surface area contributed by atoms with Gasteiger partial charge >= 0.3 is 5.97 Å². The number of amides is 1. The Kier molecular flexibility index (Phi) is 5.71. The minimum Gasteiger partial charge on any atom is -0.449 e. The molecule has 0 aliphatic rings. The van der Waals surface area contributed by atoms with Crippen LogP contribution in [0, 0.1) is 12.7 Å². The SMILES string of the molecule is CCc1noc(C)c1C(=O)O[C@H](C)C(=O)Nc1ccc(Br)cc1F. The van der Waals surface area contributed by atoms with Crippen LogP contribution in [0.3, 0.4) is 0 Å². The number of hydrogen-bond acceptors (Lipinski definition) is 5. The molecule has 2 rings (SSSR count). The molecule has 6 nitrogen and oxygen atoms in total. The van der Waals surface area contributed by atoms with Crippen LogP contribution in [0.2, 0.25) is 0 Å². The zero-order chi connectivity index (χ0) is 17.9. The van der Waals surface area contributed by atoms with Crippen LogP contribution in [0.25, 0.3) is 0 Å². The molecule has 0 unspecified atom stereocenters. The first kappa shape index (κ1) is 18.1. The van der Waals surface area contributed by atoms with Gasteiger partial charge in [0.05, 0.1) is 11.4 Å². The first-order chi connectivity index (χ1) is 11.3. The van der Waals surface area contributed by atoms with Crippen LogP contribution in [-0.4, -0.2) is 23.1 Å². The first-order valence-corrected chi connectivity index (χ1v) is 8.04. The van der Waals surface area contributed by atoms with Crippen molar-refractivity contribution >= 4 is 33.5 Å². The lowest BCUT2D eigenvalue weighted by Gasteiger charge is -2.14. The van der Waals surface area contributed by atoms with Crippen molar-refractivity contribution in [1.82, 2.24) is 5.16 Å². The largest absolute Gasteiger partial charge is 0.449 e. The molecule has 1 aromatic heterocycles. The summed E-state index contributed by atoms with van der Waals surface area (Å²) in [4.78, 5) is 24.3. The number of carbonyl (C=O) groups excluding carboxylic acids is 2. The molecule has 24 heavy (non-hydrogen) atoms. The highest BCUT2D eigenvalue weighted by molar-refractivity contribution is 9.10. The maximum atomic E-state index is 13.7. The zero-order valence-electron chi connectivity index (χ0n) is 13.4. The molecule has 1 amide bonds. The number of halogens is 2. The van der Waals surface area contributed by atoms with Crippen LogP contribution < -0.4 is 5.32 Å². The van der Waals surface area contributed by atoms with Crippen LogP contribution in [0.1, 0.15) is 35.7 Å². The Morgan fingerprint density at radius 2 is 2.17 bits per heavy atom. The van der Waals surface area contributed by atoms with Crippen LogP contribution in [0.15, 0.2) is 27.2 Å². The molecule has 8 heteroatoms. The number of benzene rings is 1. The number of hydrogen-bond donors (Lipinski definition) is 1. The van der Waals surface area contributed by atoms with Gasteiger partial charge in [-0.15, -0.1) is 0 Å². The second-order valence-electron chi connectivity index (χ2n) is 5.07. The summed E-state index contributed by atoms with van der Waals surface area (Å²) < 4.78 is 24.4. The number of carbonyl (C=O) groups is 2. The first-order valence-electron chi connectivity index (χ1n) is 7.25. The highest BCUT2D eigenvalue weighted by atomic mass is 79.9. The maximum absolute atomic E-state index is 13.7. The van der Waals surface area contributed by atoms with Crippen molar-refractivity contribution in [3.63, 3.8) is 0 Å². The Balaban J connectivity index is 2.06. The van der Waals surface area contributed by atoms with Gasteiger partial charge in [-0.3, -0.25) is 4.79 Å². The summed E-state index contributed by atoms with van der Waals surface area (Å²) in [7, 11) is 0. The number of aryl methyl sites for hydroxylation is 2. The summed E-state index contributed by atoms with van der Waals surface area (Å²) in [5.41, 5.74) is 0.678.